The molecule has 6 heteroatoms. The lowest BCUT2D eigenvalue weighted by Crippen LogP contribution is -2.50. The fourth-order valence-corrected chi connectivity index (χ4v) is 3.49. The Kier molecular flexibility index (Phi) is 6.90. The van der Waals surface area contributed by atoms with E-state index in [1.165, 1.54) is 0 Å². The molecule has 1 atom stereocenters. The molecule has 0 radical (unpaired) electrons. The Hall–Kier alpha value is -2.57. The third kappa shape index (κ3) is 4.82. The molecule has 6 nitrogen and oxygen atoms in total. The maximum Gasteiger partial charge on any atom is 0.270 e. The molecule has 0 spiro atoms. The number of hydrogen-bond acceptors (Lipinski definition) is 4. The van der Waals surface area contributed by atoms with Crippen molar-refractivity contribution in [3.05, 3.63) is 66.5 Å². The second-order valence-corrected chi connectivity index (χ2v) is 6.98. The molecule has 0 aliphatic carbocycles. The maximum absolute atomic E-state index is 12.7. The van der Waals surface area contributed by atoms with E-state index in [2.05, 4.69) is 17.5 Å². The van der Waals surface area contributed by atoms with Crippen molar-refractivity contribution < 1.29 is 14.3 Å². The van der Waals surface area contributed by atoms with Crippen LogP contribution >= 0.6 is 0 Å². The van der Waals surface area contributed by atoms with Crippen LogP contribution in [0.15, 0.2) is 55.3 Å². The molecular weight excluding hydrogens is 354 g/mol. The van der Waals surface area contributed by atoms with E-state index in [1.807, 2.05) is 53.0 Å². The van der Waals surface area contributed by atoms with Crippen LogP contribution in [-0.4, -0.2) is 66.7 Å². The first-order chi connectivity index (χ1) is 13.6. The molecule has 3 rings (SSSR count). The third-order valence-corrected chi connectivity index (χ3v) is 5.13. The topological polar surface area (TPSA) is 46.9 Å². The highest BCUT2D eigenvalue weighted by Crippen LogP contribution is 2.24. The molecule has 0 bridgehead atoms. The molecule has 1 aliphatic rings. The zero-order valence-corrected chi connectivity index (χ0v) is 16.7. The summed E-state index contributed by atoms with van der Waals surface area (Å²) in [5.41, 5.74) is 1.82. The summed E-state index contributed by atoms with van der Waals surface area (Å²) in [6.45, 7) is 8.12. The zero-order chi connectivity index (χ0) is 19.9. The summed E-state index contributed by atoms with van der Waals surface area (Å²) in [5.74, 6) is 0.919. The van der Waals surface area contributed by atoms with Crippen molar-refractivity contribution in [3.8, 4) is 5.75 Å². The van der Waals surface area contributed by atoms with Gasteiger partial charge in [-0.25, -0.2) is 0 Å². The minimum atomic E-state index is -0.0665. The van der Waals surface area contributed by atoms with Crippen LogP contribution in [0, 0.1) is 0 Å². The molecule has 2 heterocycles. The Morgan fingerprint density at radius 2 is 2.00 bits per heavy atom. The number of benzene rings is 1. The van der Waals surface area contributed by atoms with Gasteiger partial charge in [-0.2, -0.15) is 0 Å². The van der Waals surface area contributed by atoms with Gasteiger partial charge in [0.2, 0.25) is 0 Å². The largest absolute Gasteiger partial charge is 0.497 e. The van der Waals surface area contributed by atoms with E-state index in [-0.39, 0.29) is 12.0 Å². The van der Waals surface area contributed by atoms with Gasteiger partial charge >= 0.3 is 0 Å². The molecule has 1 aromatic heterocycles. The number of methoxy groups -OCH3 is 1. The van der Waals surface area contributed by atoms with E-state index in [1.54, 1.807) is 13.2 Å². The van der Waals surface area contributed by atoms with Gasteiger partial charge in [-0.15, -0.1) is 6.58 Å². The van der Waals surface area contributed by atoms with E-state index in [4.69, 9.17) is 9.47 Å². The average Bonchev–Trinajstić information content (AvgIpc) is 3.17. The van der Waals surface area contributed by atoms with Crippen molar-refractivity contribution >= 4 is 5.91 Å². The van der Waals surface area contributed by atoms with Crippen LogP contribution in [0.25, 0.3) is 0 Å². The fraction of sp³-hybridized carbons (Fsp3) is 0.409. The van der Waals surface area contributed by atoms with Crippen LogP contribution in [0.2, 0.25) is 0 Å². The summed E-state index contributed by atoms with van der Waals surface area (Å²) < 4.78 is 13.3. The van der Waals surface area contributed by atoms with Crippen LogP contribution < -0.4 is 4.74 Å². The molecule has 2 aromatic rings. The van der Waals surface area contributed by atoms with Gasteiger partial charge in [-0.3, -0.25) is 9.69 Å². The van der Waals surface area contributed by atoms with E-state index in [0.717, 1.165) is 49.7 Å². The first-order valence-corrected chi connectivity index (χ1v) is 9.61. The van der Waals surface area contributed by atoms with Gasteiger partial charge in [0.05, 0.1) is 19.8 Å². The van der Waals surface area contributed by atoms with E-state index in [0.29, 0.717) is 6.61 Å². The van der Waals surface area contributed by atoms with Crippen molar-refractivity contribution in [1.29, 1.82) is 0 Å². The third-order valence-electron chi connectivity index (χ3n) is 5.13. The Bertz CT molecular complexity index is 794. The predicted octanol–water partition coefficient (Wildman–Crippen LogP) is 2.74. The molecule has 1 fully saturated rings. The van der Waals surface area contributed by atoms with Gasteiger partial charge in [0.1, 0.15) is 11.4 Å². The Labute approximate surface area is 166 Å². The number of nitrogens with zero attached hydrogens (tertiary/aromatic N) is 3. The van der Waals surface area contributed by atoms with Crippen molar-refractivity contribution in [1.82, 2.24) is 14.4 Å². The second-order valence-electron chi connectivity index (χ2n) is 6.98. The molecule has 1 amide bonds. The minimum absolute atomic E-state index is 0.0665. The number of piperazine rings is 1. The van der Waals surface area contributed by atoms with Gasteiger partial charge in [0, 0.05) is 46.0 Å². The monoisotopic (exact) mass is 383 g/mol. The van der Waals surface area contributed by atoms with Crippen molar-refractivity contribution in [2.24, 2.45) is 7.05 Å². The standard InChI is InChI=1S/C22H29N3O3/c1-4-15-28-21(18-7-5-8-19(16-18)27-3)17-24-11-13-25(14-12-24)22(26)20-9-6-10-23(20)2/h4-10,16,21H,1,11-15,17H2,2-3H3. The smallest absolute Gasteiger partial charge is 0.270 e. The maximum atomic E-state index is 12.7. The van der Waals surface area contributed by atoms with Gasteiger partial charge in [-0.05, 0) is 29.8 Å². The molecule has 1 saturated heterocycles. The van der Waals surface area contributed by atoms with E-state index < -0.39 is 0 Å². The van der Waals surface area contributed by atoms with Crippen LogP contribution in [0.5, 0.6) is 5.75 Å². The SMILES string of the molecule is C=CCOC(CN1CCN(C(=O)c2cccn2C)CC1)c1cccc(OC)c1. The zero-order valence-electron chi connectivity index (χ0n) is 16.7. The molecule has 0 saturated carbocycles. The first kappa shape index (κ1) is 20.2. The average molecular weight is 383 g/mol. The van der Waals surface area contributed by atoms with E-state index in [9.17, 15) is 4.79 Å². The van der Waals surface area contributed by atoms with Crippen LogP contribution in [0.3, 0.4) is 0 Å². The number of hydrogen-bond donors (Lipinski definition) is 0. The molecule has 150 valence electrons. The summed E-state index contributed by atoms with van der Waals surface area (Å²) in [7, 11) is 3.57. The molecule has 28 heavy (non-hydrogen) atoms. The van der Waals surface area contributed by atoms with Crippen molar-refractivity contribution in [2.45, 2.75) is 6.10 Å². The van der Waals surface area contributed by atoms with E-state index >= 15 is 0 Å². The van der Waals surface area contributed by atoms with Crippen LogP contribution in [0.4, 0.5) is 0 Å². The molecule has 1 unspecified atom stereocenters. The number of carbonyl (C=O) groups excluding carboxylic acids is 1. The fourth-order valence-electron chi connectivity index (χ4n) is 3.49. The number of amides is 1. The Morgan fingerprint density at radius 1 is 1.21 bits per heavy atom. The van der Waals surface area contributed by atoms with Gasteiger partial charge in [-0.1, -0.05) is 18.2 Å². The number of ether oxygens (including phenoxy) is 2. The number of rotatable bonds is 8. The summed E-state index contributed by atoms with van der Waals surface area (Å²) in [6, 6.07) is 11.8. The van der Waals surface area contributed by atoms with Gasteiger partial charge in [0.15, 0.2) is 0 Å². The second kappa shape index (κ2) is 9.57. The minimum Gasteiger partial charge on any atom is -0.497 e. The molecular formula is C22H29N3O3. The van der Waals surface area contributed by atoms with Crippen LogP contribution in [-0.2, 0) is 11.8 Å². The molecule has 0 N–H and O–H groups in total. The number of aryl methyl sites for hydroxylation is 1. The Balaban J connectivity index is 1.61. The van der Waals surface area contributed by atoms with Gasteiger partial charge in [0.25, 0.3) is 5.91 Å². The lowest BCUT2D eigenvalue weighted by Gasteiger charge is -2.36. The molecule has 1 aliphatic heterocycles. The summed E-state index contributed by atoms with van der Waals surface area (Å²) in [4.78, 5) is 17.0. The quantitative estimate of drug-likeness (QED) is 0.658. The summed E-state index contributed by atoms with van der Waals surface area (Å²) in [5, 5.41) is 0. The van der Waals surface area contributed by atoms with Gasteiger partial charge < -0.3 is 18.9 Å². The predicted molar refractivity (Wildman–Crippen MR) is 110 cm³/mol. The lowest BCUT2D eigenvalue weighted by molar-refractivity contribution is 0.0242. The highest BCUT2D eigenvalue weighted by Gasteiger charge is 2.25. The highest BCUT2D eigenvalue weighted by atomic mass is 16.5. The number of carbonyl (C=O) groups is 1. The van der Waals surface area contributed by atoms with Crippen LogP contribution in [0.1, 0.15) is 22.2 Å². The van der Waals surface area contributed by atoms with Crippen molar-refractivity contribution in [3.63, 3.8) is 0 Å². The lowest BCUT2D eigenvalue weighted by atomic mass is 10.1. The summed E-state index contributed by atoms with van der Waals surface area (Å²) >= 11 is 0. The Morgan fingerprint density at radius 3 is 2.64 bits per heavy atom. The normalized spacial score (nSPS) is 16.0. The summed E-state index contributed by atoms with van der Waals surface area (Å²) in [6.07, 6.45) is 3.60. The number of aromatic nitrogens is 1. The van der Waals surface area contributed by atoms with Crippen molar-refractivity contribution in [2.75, 3.05) is 46.4 Å². The highest BCUT2D eigenvalue weighted by molar-refractivity contribution is 5.92. The first-order valence-electron chi connectivity index (χ1n) is 9.61. The molecule has 1 aromatic carbocycles.